The average molecular weight is 344 g/mol. The maximum absolute atomic E-state index is 6.08. The zero-order chi connectivity index (χ0) is 17.0. The largest absolute Gasteiger partial charge is 0.385 e. The lowest BCUT2D eigenvalue weighted by molar-refractivity contribution is -0.0834. The van der Waals surface area contributed by atoms with Gasteiger partial charge in [-0.3, -0.25) is 0 Å². The lowest BCUT2D eigenvalue weighted by atomic mass is 9.67. The second-order valence-electron chi connectivity index (χ2n) is 7.37. The summed E-state index contributed by atoms with van der Waals surface area (Å²) in [7, 11) is 0. The Morgan fingerprint density at radius 1 is 1.08 bits per heavy atom. The first-order valence-electron chi connectivity index (χ1n) is 8.68. The summed E-state index contributed by atoms with van der Waals surface area (Å²) in [6.07, 6.45) is 3.19. The first-order valence-corrected chi connectivity index (χ1v) is 9.06. The zero-order valence-electron chi connectivity index (χ0n) is 14.5. The van der Waals surface area contributed by atoms with Gasteiger partial charge in [0.2, 0.25) is 0 Å². The predicted molar refractivity (Wildman–Crippen MR) is 102 cm³/mol. The lowest BCUT2D eigenvalue weighted by Crippen LogP contribution is -2.44. The van der Waals surface area contributed by atoms with Crippen LogP contribution in [0.4, 0.5) is 5.69 Å². The van der Waals surface area contributed by atoms with E-state index in [4.69, 9.17) is 16.3 Å². The Morgan fingerprint density at radius 3 is 2.58 bits per heavy atom. The van der Waals surface area contributed by atoms with E-state index in [9.17, 15) is 0 Å². The van der Waals surface area contributed by atoms with E-state index in [0.717, 1.165) is 43.1 Å². The fourth-order valence-electron chi connectivity index (χ4n) is 3.92. The highest BCUT2D eigenvalue weighted by molar-refractivity contribution is 6.30. The van der Waals surface area contributed by atoms with Crippen LogP contribution in [-0.2, 0) is 10.2 Å². The molecule has 0 aromatic heterocycles. The van der Waals surface area contributed by atoms with E-state index in [1.165, 1.54) is 5.56 Å². The molecule has 3 heteroatoms. The number of rotatable bonds is 5. The third-order valence-electron chi connectivity index (χ3n) is 4.98. The first kappa shape index (κ1) is 17.3. The molecule has 0 spiro atoms. The van der Waals surface area contributed by atoms with E-state index in [2.05, 4.69) is 55.6 Å². The summed E-state index contributed by atoms with van der Waals surface area (Å²) in [5.74, 6) is 0. The normalized spacial score (nSPS) is 23.0. The molecule has 0 amide bonds. The van der Waals surface area contributed by atoms with E-state index in [-0.39, 0.29) is 11.0 Å². The lowest BCUT2D eigenvalue weighted by Gasteiger charge is -2.45. The number of hydrogen-bond acceptors (Lipinski definition) is 2. The highest BCUT2D eigenvalue weighted by Gasteiger charge is 2.41. The molecule has 1 atom stereocenters. The van der Waals surface area contributed by atoms with E-state index in [0.29, 0.717) is 0 Å². The molecule has 0 saturated carbocycles. The van der Waals surface area contributed by atoms with Gasteiger partial charge in [-0.1, -0.05) is 48.0 Å². The van der Waals surface area contributed by atoms with Crippen molar-refractivity contribution in [3.8, 4) is 0 Å². The summed E-state index contributed by atoms with van der Waals surface area (Å²) in [4.78, 5) is 0. The van der Waals surface area contributed by atoms with Crippen LogP contribution in [0.3, 0.4) is 0 Å². The Labute approximate surface area is 150 Å². The molecule has 2 aromatic rings. The summed E-state index contributed by atoms with van der Waals surface area (Å²) < 4.78 is 5.98. The average Bonchev–Trinajstić information content (AvgIpc) is 2.55. The molecule has 24 heavy (non-hydrogen) atoms. The summed E-state index contributed by atoms with van der Waals surface area (Å²) in [5.41, 5.74) is 2.59. The number of halogens is 1. The number of ether oxygens (including phenoxy) is 1. The molecule has 2 nitrogen and oxygen atoms in total. The topological polar surface area (TPSA) is 21.3 Å². The van der Waals surface area contributed by atoms with Gasteiger partial charge in [-0.05, 0) is 56.9 Å². The van der Waals surface area contributed by atoms with E-state index in [1.54, 1.807) is 0 Å². The number of anilines is 1. The SMILES string of the molecule is CC1(C)CC(CCNc2cccc(Cl)c2)(c2ccccc2)CCO1. The highest BCUT2D eigenvalue weighted by atomic mass is 35.5. The Hall–Kier alpha value is -1.51. The molecular formula is C21H26ClNO. The van der Waals surface area contributed by atoms with Gasteiger partial charge in [0.05, 0.1) is 5.60 Å². The molecule has 0 aliphatic carbocycles. The van der Waals surface area contributed by atoms with E-state index < -0.39 is 0 Å². The molecule has 0 radical (unpaired) electrons. The summed E-state index contributed by atoms with van der Waals surface area (Å²) >= 11 is 6.08. The minimum absolute atomic E-state index is 0.0792. The van der Waals surface area contributed by atoms with Crippen molar-refractivity contribution in [3.05, 3.63) is 65.2 Å². The van der Waals surface area contributed by atoms with E-state index in [1.807, 2.05) is 18.2 Å². The smallest absolute Gasteiger partial charge is 0.0635 e. The van der Waals surface area contributed by atoms with Crippen molar-refractivity contribution in [1.29, 1.82) is 0 Å². The Bertz CT molecular complexity index is 671. The molecule has 1 fully saturated rings. The van der Waals surface area contributed by atoms with Crippen LogP contribution in [0.25, 0.3) is 0 Å². The molecule has 3 rings (SSSR count). The summed E-state index contributed by atoms with van der Waals surface area (Å²) in [6.45, 7) is 6.15. The van der Waals surface area contributed by atoms with Crippen LogP contribution in [0.5, 0.6) is 0 Å². The van der Waals surface area contributed by atoms with Crippen LogP contribution in [0.1, 0.15) is 38.7 Å². The molecule has 1 heterocycles. The van der Waals surface area contributed by atoms with Crippen LogP contribution in [0.2, 0.25) is 5.02 Å². The van der Waals surface area contributed by atoms with Crippen LogP contribution < -0.4 is 5.32 Å². The van der Waals surface area contributed by atoms with Gasteiger partial charge in [0.1, 0.15) is 0 Å². The van der Waals surface area contributed by atoms with Crippen molar-refractivity contribution >= 4 is 17.3 Å². The fraction of sp³-hybridized carbons (Fsp3) is 0.429. The van der Waals surface area contributed by atoms with Crippen LogP contribution in [0, 0.1) is 0 Å². The molecule has 1 unspecified atom stereocenters. The van der Waals surface area contributed by atoms with Gasteiger partial charge < -0.3 is 10.1 Å². The van der Waals surface area contributed by atoms with Gasteiger partial charge >= 0.3 is 0 Å². The van der Waals surface area contributed by atoms with Crippen molar-refractivity contribution in [3.63, 3.8) is 0 Å². The van der Waals surface area contributed by atoms with Gasteiger partial charge in [0.15, 0.2) is 0 Å². The van der Waals surface area contributed by atoms with Crippen molar-refractivity contribution in [2.24, 2.45) is 0 Å². The highest BCUT2D eigenvalue weighted by Crippen LogP contribution is 2.43. The number of nitrogens with one attached hydrogen (secondary N) is 1. The molecule has 1 N–H and O–H groups in total. The standard InChI is InChI=1S/C21H26ClNO/c1-20(2)16-21(12-14-24-20,17-7-4-3-5-8-17)11-13-23-19-10-6-9-18(22)15-19/h3-10,15,23H,11-14,16H2,1-2H3. The van der Waals surface area contributed by atoms with Gasteiger partial charge in [-0.15, -0.1) is 0 Å². The quantitative estimate of drug-likeness (QED) is 0.755. The molecule has 0 bridgehead atoms. The predicted octanol–water partition coefficient (Wildman–Crippen LogP) is 5.67. The minimum atomic E-state index is -0.0792. The zero-order valence-corrected chi connectivity index (χ0v) is 15.3. The molecule has 128 valence electrons. The van der Waals surface area contributed by atoms with Gasteiger partial charge in [-0.2, -0.15) is 0 Å². The Balaban J connectivity index is 1.76. The second kappa shape index (κ2) is 7.16. The van der Waals surface area contributed by atoms with Crippen LogP contribution >= 0.6 is 11.6 Å². The summed E-state index contributed by atoms with van der Waals surface area (Å²) in [5, 5.41) is 4.30. The molecular weight excluding hydrogens is 318 g/mol. The molecule has 1 saturated heterocycles. The second-order valence-corrected chi connectivity index (χ2v) is 7.80. The Kier molecular flexibility index (Phi) is 5.17. The van der Waals surface area contributed by atoms with Crippen molar-refractivity contribution in [2.45, 2.75) is 44.1 Å². The van der Waals surface area contributed by atoms with Crippen LogP contribution in [-0.4, -0.2) is 18.8 Å². The van der Waals surface area contributed by atoms with Crippen molar-refractivity contribution in [2.75, 3.05) is 18.5 Å². The maximum atomic E-state index is 6.08. The Morgan fingerprint density at radius 2 is 1.88 bits per heavy atom. The van der Waals surface area contributed by atoms with Crippen molar-refractivity contribution < 1.29 is 4.74 Å². The monoisotopic (exact) mass is 343 g/mol. The molecule has 1 aliphatic heterocycles. The fourth-order valence-corrected chi connectivity index (χ4v) is 4.11. The minimum Gasteiger partial charge on any atom is -0.385 e. The van der Waals surface area contributed by atoms with Gasteiger partial charge in [-0.25, -0.2) is 0 Å². The number of benzene rings is 2. The third-order valence-corrected chi connectivity index (χ3v) is 5.22. The summed E-state index contributed by atoms with van der Waals surface area (Å²) in [6, 6.07) is 18.8. The van der Waals surface area contributed by atoms with Crippen molar-refractivity contribution in [1.82, 2.24) is 0 Å². The van der Waals surface area contributed by atoms with Gasteiger partial charge in [0, 0.05) is 29.3 Å². The van der Waals surface area contributed by atoms with E-state index >= 15 is 0 Å². The van der Waals surface area contributed by atoms with Gasteiger partial charge in [0.25, 0.3) is 0 Å². The first-order chi connectivity index (χ1) is 11.5. The van der Waals surface area contributed by atoms with Crippen LogP contribution in [0.15, 0.2) is 54.6 Å². The maximum Gasteiger partial charge on any atom is 0.0635 e. The number of hydrogen-bond donors (Lipinski definition) is 1. The molecule has 2 aromatic carbocycles. The third kappa shape index (κ3) is 4.12. The molecule has 1 aliphatic rings.